The van der Waals surface area contributed by atoms with E-state index in [1.165, 1.54) is 11.3 Å². The molecule has 0 aliphatic carbocycles. The van der Waals surface area contributed by atoms with Crippen molar-refractivity contribution in [3.05, 3.63) is 52.2 Å². The largest absolute Gasteiger partial charge is 0.298 e. The second kappa shape index (κ2) is 6.86. The minimum absolute atomic E-state index is 0.00559. The van der Waals surface area contributed by atoms with Crippen molar-refractivity contribution in [3.8, 4) is 0 Å². The van der Waals surface area contributed by atoms with E-state index in [2.05, 4.69) is 10.9 Å². The van der Waals surface area contributed by atoms with Crippen LogP contribution in [0.2, 0.25) is 0 Å². The molecule has 0 saturated heterocycles. The first kappa shape index (κ1) is 14.3. The van der Waals surface area contributed by atoms with E-state index in [0.29, 0.717) is 4.88 Å². The molecule has 2 rings (SSSR count). The highest BCUT2D eigenvalue weighted by molar-refractivity contribution is 7.12. The summed E-state index contributed by atoms with van der Waals surface area (Å²) in [4.78, 5) is 24.1. The second-order valence-electron chi connectivity index (χ2n) is 4.39. The molecule has 1 heterocycles. The molecule has 2 aromatic rings. The van der Waals surface area contributed by atoms with Crippen molar-refractivity contribution < 1.29 is 9.59 Å². The molecule has 5 heteroatoms. The molecule has 0 fully saturated rings. The van der Waals surface area contributed by atoms with Crippen molar-refractivity contribution in [2.75, 3.05) is 5.43 Å². The van der Waals surface area contributed by atoms with Gasteiger partial charge in [0.05, 0.1) is 10.6 Å². The molecule has 0 aliphatic heterocycles. The molecular weight excluding hydrogens is 272 g/mol. The number of hydrogen-bond acceptors (Lipinski definition) is 4. The number of aryl methyl sites for hydroxylation is 1. The highest BCUT2D eigenvalue weighted by atomic mass is 32.1. The Morgan fingerprint density at radius 3 is 2.60 bits per heavy atom. The summed E-state index contributed by atoms with van der Waals surface area (Å²) in [6.07, 6.45) is 0.400. The molecule has 1 aromatic heterocycles. The maximum atomic E-state index is 11.7. The van der Waals surface area contributed by atoms with Crippen molar-refractivity contribution in [2.24, 2.45) is 0 Å². The van der Waals surface area contributed by atoms with Gasteiger partial charge in [-0.15, -0.1) is 11.3 Å². The second-order valence-corrected chi connectivity index (χ2v) is 5.34. The molecule has 20 heavy (non-hydrogen) atoms. The van der Waals surface area contributed by atoms with Crippen LogP contribution in [0.1, 0.15) is 28.1 Å². The van der Waals surface area contributed by atoms with Crippen LogP contribution < -0.4 is 10.9 Å². The summed E-state index contributed by atoms with van der Waals surface area (Å²) in [6, 6.07) is 11.3. The van der Waals surface area contributed by atoms with Crippen LogP contribution in [-0.2, 0) is 4.79 Å². The summed E-state index contributed by atoms with van der Waals surface area (Å²) in [7, 11) is 0. The third kappa shape index (κ3) is 3.93. The highest BCUT2D eigenvalue weighted by Crippen LogP contribution is 2.13. The minimum atomic E-state index is -0.196. The van der Waals surface area contributed by atoms with E-state index in [-0.39, 0.29) is 24.5 Å². The third-order valence-corrected chi connectivity index (χ3v) is 3.77. The number of thiophene rings is 1. The summed E-state index contributed by atoms with van der Waals surface area (Å²) in [6.45, 7) is 1.95. The van der Waals surface area contributed by atoms with Gasteiger partial charge in [0.2, 0.25) is 5.91 Å². The SMILES string of the molecule is Cc1ccccc1NNC(=O)CCC(=O)c1cccs1. The molecule has 0 saturated carbocycles. The summed E-state index contributed by atoms with van der Waals surface area (Å²) in [5.74, 6) is -0.191. The Balaban J connectivity index is 1.76. The van der Waals surface area contributed by atoms with Crippen molar-refractivity contribution in [1.82, 2.24) is 5.43 Å². The van der Waals surface area contributed by atoms with Gasteiger partial charge in [-0.1, -0.05) is 24.3 Å². The molecule has 0 bridgehead atoms. The van der Waals surface area contributed by atoms with Crippen LogP contribution >= 0.6 is 11.3 Å². The number of carbonyl (C=O) groups is 2. The van der Waals surface area contributed by atoms with Gasteiger partial charge in [-0.3, -0.25) is 20.4 Å². The topological polar surface area (TPSA) is 58.2 Å². The first-order valence-electron chi connectivity index (χ1n) is 6.34. The number of carbonyl (C=O) groups excluding carboxylic acids is 2. The first-order chi connectivity index (χ1) is 9.66. The van der Waals surface area contributed by atoms with E-state index in [0.717, 1.165) is 11.3 Å². The number of amides is 1. The zero-order chi connectivity index (χ0) is 14.4. The quantitative estimate of drug-likeness (QED) is 0.634. The van der Waals surface area contributed by atoms with Gasteiger partial charge in [0.25, 0.3) is 0 Å². The molecule has 0 radical (unpaired) electrons. The summed E-state index contributed by atoms with van der Waals surface area (Å²) in [5.41, 5.74) is 7.36. The zero-order valence-electron chi connectivity index (χ0n) is 11.2. The van der Waals surface area contributed by atoms with Gasteiger partial charge in [-0.2, -0.15) is 0 Å². The number of nitrogens with one attached hydrogen (secondary N) is 2. The molecule has 4 nitrogen and oxygen atoms in total. The van der Waals surface area contributed by atoms with E-state index in [9.17, 15) is 9.59 Å². The van der Waals surface area contributed by atoms with Crippen molar-refractivity contribution in [2.45, 2.75) is 19.8 Å². The standard InChI is InChI=1S/C15H16N2O2S/c1-11-5-2-3-6-12(11)16-17-15(19)9-8-13(18)14-7-4-10-20-14/h2-7,10,16H,8-9H2,1H3,(H,17,19). The van der Waals surface area contributed by atoms with E-state index in [4.69, 9.17) is 0 Å². The van der Waals surface area contributed by atoms with Gasteiger partial charge in [-0.25, -0.2) is 0 Å². The van der Waals surface area contributed by atoms with Crippen LogP contribution in [0.4, 0.5) is 5.69 Å². The Morgan fingerprint density at radius 1 is 1.10 bits per heavy atom. The van der Waals surface area contributed by atoms with Gasteiger partial charge in [-0.05, 0) is 30.0 Å². The lowest BCUT2D eigenvalue weighted by Gasteiger charge is -2.10. The maximum absolute atomic E-state index is 11.7. The zero-order valence-corrected chi connectivity index (χ0v) is 12.0. The molecule has 0 atom stereocenters. The smallest absolute Gasteiger partial charge is 0.238 e. The Morgan fingerprint density at radius 2 is 1.90 bits per heavy atom. The van der Waals surface area contributed by atoms with Crippen LogP contribution in [0.5, 0.6) is 0 Å². The van der Waals surface area contributed by atoms with Gasteiger partial charge in [0, 0.05) is 12.8 Å². The van der Waals surface area contributed by atoms with E-state index < -0.39 is 0 Å². The average Bonchev–Trinajstić information content (AvgIpc) is 2.98. The number of Topliss-reactive ketones (excluding diaryl/α,β-unsaturated/α-hetero) is 1. The summed E-state index contributed by atoms with van der Waals surface area (Å²) < 4.78 is 0. The lowest BCUT2D eigenvalue weighted by Crippen LogP contribution is -2.29. The third-order valence-electron chi connectivity index (χ3n) is 2.86. The van der Waals surface area contributed by atoms with E-state index >= 15 is 0 Å². The van der Waals surface area contributed by atoms with E-state index in [1.807, 2.05) is 42.6 Å². The molecule has 0 spiro atoms. The van der Waals surface area contributed by atoms with Crippen molar-refractivity contribution >= 4 is 28.7 Å². The van der Waals surface area contributed by atoms with Gasteiger partial charge in [0.15, 0.2) is 5.78 Å². The van der Waals surface area contributed by atoms with Crippen LogP contribution in [-0.4, -0.2) is 11.7 Å². The number of benzene rings is 1. The number of hydrogen-bond donors (Lipinski definition) is 2. The molecule has 1 aromatic carbocycles. The molecule has 0 aliphatic rings. The minimum Gasteiger partial charge on any atom is -0.298 e. The highest BCUT2D eigenvalue weighted by Gasteiger charge is 2.09. The van der Waals surface area contributed by atoms with Crippen LogP contribution in [0.3, 0.4) is 0 Å². The molecule has 104 valence electrons. The van der Waals surface area contributed by atoms with Crippen LogP contribution in [0, 0.1) is 6.92 Å². The normalized spacial score (nSPS) is 10.1. The summed E-state index contributed by atoms with van der Waals surface area (Å²) >= 11 is 1.40. The van der Waals surface area contributed by atoms with Gasteiger partial charge in [0.1, 0.15) is 0 Å². The Kier molecular flexibility index (Phi) is 4.90. The lowest BCUT2D eigenvalue weighted by molar-refractivity contribution is -0.120. The lowest BCUT2D eigenvalue weighted by atomic mass is 10.2. The number of hydrazine groups is 1. The van der Waals surface area contributed by atoms with Gasteiger partial charge < -0.3 is 0 Å². The predicted octanol–water partition coefficient (Wildman–Crippen LogP) is 3.16. The van der Waals surface area contributed by atoms with E-state index in [1.54, 1.807) is 6.07 Å². The number of para-hydroxylation sites is 1. The van der Waals surface area contributed by atoms with Crippen LogP contribution in [0.25, 0.3) is 0 Å². The number of ketones is 1. The Hall–Kier alpha value is -2.14. The maximum Gasteiger partial charge on any atom is 0.238 e. The average molecular weight is 288 g/mol. The molecule has 0 unspecified atom stereocenters. The fraction of sp³-hybridized carbons (Fsp3) is 0.200. The predicted molar refractivity (Wildman–Crippen MR) is 80.8 cm³/mol. The molecule has 2 N–H and O–H groups in total. The van der Waals surface area contributed by atoms with Crippen molar-refractivity contribution in [1.29, 1.82) is 0 Å². The molecule has 1 amide bonds. The first-order valence-corrected chi connectivity index (χ1v) is 7.22. The van der Waals surface area contributed by atoms with Crippen molar-refractivity contribution in [3.63, 3.8) is 0 Å². The Bertz CT molecular complexity index is 594. The van der Waals surface area contributed by atoms with Crippen LogP contribution in [0.15, 0.2) is 41.8 Å². The molecular formula is C15H16N2O2S. The van der Waals surface area contributed by atoms with Gasteiger partial charge >= 0.3 is 0 Å². The fourth-order valence-corrected chi connectivity index (χ4v) is 2.39. The summed E-state index contributed by atoms with van der Waals surface area (Å²) in [5, 5.41) is 1.85. The monoisotopic (exact) mass is 288 g/mol. The Labute approximate surface area is 121 Å². The number of anilines is 1. The number of rotatable bonds is 6. The fourth-order valence-electron chi connectivity index (χ4n) is 1.70.